The third-order valence-electron chi connectivity index (χ3n) is 2.27. The molecule has 0 bridgehead atoms. The first-order valence-electron chi connectivity index (χ1n) is 4.27. The summed E-state index contributed by atoms with van der Waals surface area (Å²) in [6.45, 7) is 2.00. The fraction of sp³-hybridized carbons (Fsp3) is 0.300. The van der Waals surface area contributed by atoms with Gasteiger partial charge in [0.25, 0.3) is 5.56 Å². The molecule has 2 rings (SSSR count). The van der Waals surface area contributed by atoms with Gasteiger partial charge < -0.3 is 4.98 Å². The van der Waals surface area contributed by atoms with Crippen molar-refractivity contribution in [3.05, 3.63) is 32.8 Å². The van der Waals surface area contributed by atoms with Gasteiger partial charge in [-0.1, -0.05) is 19.1 Å². The minimum absolute atomic E-state index is 0.209. The average Bonchev–Trinajstić information content (AvgIpc) is 2.12. The minimum atomic E-state index is -0.350. The zero-order chi connectivity index (χ0) is 9.42. The molecule has 1 unspecified atom stereocenters. The Labute approximate surface area is 74.4 Å². The first-order valence-corrected chi connectivity index (χ1v) is 4.27. The lowest BCUT2D eigenvalue weighted by Crippen LogP contribution is -2.44. The second-order valence-electron chi connectivity index (χ2n) is 3.38. The molecule has 0 saturated heterocycles. The van der Waals surface area contributed by atoms with Gasteiger partial charge in [0.1, 0.15) is 5.82 Å². The molecule has 68 valence electrons. The van der Waals surface area contributed by atoms with Crippen LogP contribution in [0.2, 0.25) is 0 Å². The van der Waals surface area contributed by atoms with Gasteiger partial charge in [0.2, 0.25) is 0 Å². The standard InChI is InChI=1S/C10H10FNO/c1-6-2-3-7-8(4-6)9(11)5-12-10(7)13/h3-6H,2H2,1H3,(H,12,13). The number of H-pyrrole nitrogens is 1. The molecule has 0 amide bonds. The highest BCUT2D eigenvalue weighted by Gasteiger charge is 2.06. The normalized spacial score (nSPS) is 20.0. The van der Waals surface area contributed by atoms with Crippen molar-refractivity contribution >= 4 is 12.2 Å². The van der Waals surface area contributed by atoms with Gasteiger partial charge in [0.05, 0.1) is 0 Å². The molecule has 0 aliphatic heterocycles. The number of hydrogen-bond donors (Lipinski definition) is 1. The number of fused-ring (bicyclic) bond motifs is 1. The summed E-state index contributed by atoms with van der Waals surface area (Å²) >= 11 is 0. The molecule has 1 aromatic rings. The van der Waals surface area contributed by atoms with E-state index < -0.39 is 0 Å². The molecule has 1 aliphatic rings. The molecule has 2 nitrogen and oxygen atoms in total. The van der Waals surface area contributed by atoms with Crippen LogP contribution in [-0.4, -0.2) is 4.98 Å². The smallest absolute Gasteiger partial charge is 0.255 e. The quantitative estimate of drug-likeness (QED) is 0.602. The van der Waals surface area contributed by atoms with Crippen LogP contribution in [0.1, 0.15) is 13.3 Å². The average molecular weight is 179 g/mol. The van der Waals surface area contributed by atoms with Crippen molar-refractivity contribution in [2.24, 2.45) is 5.92 Å². The van der Waals surface area contributed by atoms with E-state index in [1.807, 2.05) is 6.92 Å². The van der Waals surface area contributed by atoms with Crippen molar-refractivity contribution in [1.82, 2.24) is 4.98 Å². The Bertz CT molecular complexity index is 501. The van der Waals surface area contributed by atoms with Crippen LogP contribution in [-0.2, 0) is 0 Å². The van der Waals surface area contributed by atoms with Gasteiger partial charge in [0, 0.05) is 16.6 Å². The van der Waals surface area contributed by atoms with Gasteiger partial charge in [0.15, 0.2) is 0 Å². The summed E-state index contributed by atoms with van der Waals surface area (Å²) in [5.41, 5.74) is -0.209. The molecule has 1 aliphatic carbocycles. The number of nitrogens with one attached hydrogen (secondary N) is 1. The predicted octanol–water partition coefficient (Wildman–Crippen LogP) is 0.115. The van der Waals surface area contributed by atoms with Crippen molar-refractivity contribution in [3.8, 4) is 0 Å². The largest absolute Gasteiger partial charge is 0.326 e. The number of hydrogen-bond acceptors (Lipinski definition) is 1. The lowest BCUT2D eigenvalue weighted by atomic mass is 10.0. The van der Waals surface area contributed by atoms with Crippen LogP contribution in [0.15, 0.2) is 11.0 Å². The molecule has 1 heterocycles. The topological polar surface area (TPSA) is 32.9 Å². The van der Waals surface area contributed by atoms with E-state index >= 15 is 0 Å². The van der Waals surface area contributed by atoms with Crippen LogP contribution >= 0.6 is 0 Å². The van der Waals surface area contributed by atoms with Crippen LogP contribution in [0.4, 0.5) is 4.39 Å². The number of aromatic nitrogens is 1. The predicted molar refractivity (Wildman–Crippen MR) is 49.0 cm³/mol. The van der Waals surface area contributed by atoms with Gasteiger partial charge in [-0.2, -0.15) is 0 Å². The molecule has 1 N–H and O–H groups in total. The van der Waals surface area contributed by atoms with Gasteiger partial charge >= 0.3 is 0 Å². The first kappa shape index (κ1) is 8.23. The van der Waals surface area contributed by atoms with Crippen LogP contribution in [0.25, 0.3) is 12.2 Å². The van der Waals surface area contributed by atoms with Crippen molar-refractivity contribution in [2.75, 3.05) is 0 Å². The monoisotopic (exact) mass is 179 g/mol. The highest BCUT2D eigenvalue weighted by atomic mass is 19.1. The van der Waals surface area contributed by atoms with E-state index in [1.54, 1.807) is 12.2 Å². The van der Waals surface area contributed by atoms with Crippen LogP contribution in [0.5, 0.6) is 0 Å². The number of aromatic amines is 1. The van der Waals surface area contributed by atoms with E-state index in [0.717, 1.165) is 12.6 Å². The highest BCUT2D eigenvalue weighted by Crippen LogP contribution is 2.05. The SMILES string of the molecule is CC1C=c2c(F)c[nH]c(=O)c2=CC1. The third kappa shape index (κ3) is 1.30. The van der Waals surface area contributed by atoms with E-state index in [4.69, 9.17) is 0 Å². The Hall–Kier alpha value is -1.38. The van der Waals surface area contributed by atoms with Gasteiger partial charge in [-0.25, -0.2) is 4.39 Å². The second-order valence-corrected chi connectivity index (χ2v) is 3.38. The number of rotatable bonds is 0. The summed E-state index contributed by atoms with van der Waals surface area (Å²) in [7, 11) is 0. The molecule has 0 fully saturated rings. The molecule has 0 spiro atoms. The molecule has 1 aromatic heterocycles. The Morgan fingerprint density at radius 3 is 3.08 bits per heavy atom. The Kier molecular flexibility index (Phi) is 1.79. The van der Waals surface area contributed by atoms with Crippen LogP contribution in [0.3, 0.4) is 0 Å². The Balaban J connectivity index is 2.94. The molecular formula is C10H10FNO. The first-order chi connectivity index (χ1) is 6.18. The fourth-order valence-corrected chi connectivity index (χ4v) is 1.56. The maximum Gasteiger partial charge on any atom is 0.255 e. The zero-order valence-corrected chi connectivity index (χ0v) is 7.30. The molecule has 0 aromatic carbocycles. The summed E-state index contributed by atoms with van der Waals surface area (Å²) in [5, 5.41) is 0.917. The number of pyridine rings is 1. The third-order valence-corrected chi connectivity index (χ3v) is 2.27. The maximum atomic E-state index is 13.2. The molecule has 0 saturated carbocycles. The van der Waals surface area contributed by atoms with Gasteiger partial charge in [-0.15, -0.1) is 0 Å². The Morgan fingerprint density at radius 1 is 1.54 bits per heavy atom. The summed E-state index contributed by atoms with van der Waals surface area (Å²) in [6, 6.07) is 0. The lowest BCUT2D eigenvalue weighted by molar-refractivity contribution is 0.604. The van der Waals surface area contributed by atoms with E-state index in [-0.39, 0.29) is 11.4 Å². The summed E-state index contributed by atoms with van der Waals surface area (Å²) < 4.78 is 13.2. The zero-order valence-electron chi connectivity index (χ0n) is 7.30. The lowest BCUT2D eigenvalue weighted by Gasteiger charge is -2.06. The van der Waals surface area contributed by atoms with Crippen molar-refractivity contribution in [1.29, 1.82) is 0 Å². The molecule has 3 heteroatoms. The van der Waals surface area contributed by atoms with Crippen LogP contribution < -0.4 is 16.0 Å². The van der Waals surface area contributed by atoms with Crippen molar-refractivity contribution in [3.63, 3.8) is 0 Å². The molecular weight excluding hydrogens is 169 g/mol. The molecule has 0 radical (unpaired) electrons. The fourth-order valence-electron chi connectivity index (χ4n) is 1.56. The maximum absolute atomic E-state index is 13.2. The molecule has 13 heavy (non-hydrogen) atoms. The Morgan fingerprint density at radius 2 is 2.31 bits per heavy atom. The second kappa shape index (κ2) is 2.83. The van der Waals surface area contributed by atoms with E-state index in [2.05, 4.69) is 4.98 Å². The van der Waals surface area contributed by atoms with E-state index in [9.17, 15) is 9.18 Å². The minimum Gasteiger partial charge on any atom is -0.326 e. The van der Waals surface area contributed by atoms with Gasteiger partial charge in [-0.3, -0.25) is 4.79 Å². The summed E-state index contributed by atoms with van der Waals surface area (Å²) in [4.78, 5) is 13.6. The summed E-state index contributed by atoms with van der Waals surface area (Å²) in [6.07, 6.45) is 5.52. The highest BCUT2D eigenvalue weighted by molar-refractivity contribution is 5.39. The van der Waals surface area contributed by atoms with Crippen LogP contribution in [0, 0.1) is 11.7 Å². The van der Waals surface area contributed by atoms with Crippen molar-refractivity contribution in [2.45, 2.75) is 13.3 Å². The van der Waals surface area contributed by atoms with E-state index in [0.29, 0.717) is 16.4 Å². The van der Waals surface area contributed by atoms with Crippen molar-refractivity contribution < 1.29 is 4.39 Å². The number of halogens is 1. The summed E-state index contributed by atoms with van der Waals surface area (Å²) in [5.74, 6) is -0.0406. The van der Waals surface area contributed by atoms with Gasteiger partial charge in [-0.05, 0) is 12.3 Å². The molecule has 1 atom stereocenters. The van der Waals surface area contributed by atoms with E-state index in [1.165, 1.54) is 0 Å².